The summed E-state index contributed by atoms with van der Waals surface area (Å²) in [4.78, 5) is 32.8. The molecule has 0 fully saturated rings. The van der Waals surface area contributed by atoms with Gasteiger partial charge in [0.05, 0.1) is 32.1 Å². The lowest BCUT2D eigenvalue weighted by molar-refractivity contribution is -0.136. The van der Waals surface area contributed by atoms with Crippen molar-refractivity contribution in [3.63, 3.8) is 0 Å². The SMILES string of the molecule is Cc1cc(OCCOCCOCCC(F)(F)P(=O)(O)O)ccc1CCc1cnc2c(c1)-c1ccc(CCC(=O)O)cc1NC2N. The minimum absolute atomic E-state index is 0.0104. The highest BCUT2D eigenvalue weighted by atomic mass is 31.2. The number of hydrogen-bond donors (Lipinski definition) is 5. The Bertz CT molecular complexity index is 1530. The van der Waals surface area contributed by atoms with Crippen LogP contribution >= 0.6 is 7.60 Å². The average molecular weight is 650 g/mol. The quantitative estimate of drug-likeness (QED) is 0.100. The summed E-state index contributed by atoms with van der Waals surface area (Å²) in [7, 11) is -5.50. The van der Waals surface area contributed by atoms with Crippen LogP contribution in [0.25, 0.3) is 11.1 Å². The van der Waals surface area contributed by atoms with Crippen molar-refractivity contribution in [2.75, 3.05) is 38.4 Å². The second kappa shape index (κ2) is 15.2. The highest BCUT2D eigenvalue weighted by Gasteiger charge is 2.48. The van der Waals surface area contributed by atoms with Crippen LogP contribution in [0.1, 0.15) is 47.0 Å². The number of aromatic nitrogens is 1. The second-order valence-electron chi connectivity index (χ2n) is 10.8. The lowest BCUT2D eigenvalue weighted by Crippen LogP contribution is -2.26. The van der Waals surface area contributed by atoms with Crippen LogP contribution in [0.5, 0.6) is 5.75 Å². The highest BCUT2D eigenvalue weighted by molar-refractivity contribution is 7.53. The van der Waals surface area contributed by atoms with E-state index >= 15 is 0 Å². The van der Waals surface area contributed by atoms with Crippen molar-refractivity contribution in [2.45, 2.75) is 50.9 Å². The molecule has 11 nitrogen and oxygen atoms in total. The van der Waals surface area contributed by atoms with Crippen molar-refractivity contribution in [1.82, 2.24) is 4.98 Å². The number of carbonyl (C=O) groups is 1. The first-order valence-electron chi connectivity index (χ1n) is 14.5. The number of anilines is 1. The predicted molar refractivity (Wildman–Crippen MR) is 164 cm³/mol. The first kappa shape index (κ1) is 34.4. The van der Waals surface area contributed by atoms with Gasteiger partial charge in [-0.1, -0.05) is 18.2 Å². The largest absolute Gasteiger partial charge is 0.491 e. The van der Waals surface area contributed by atoms with Crippen LogP contribution in [0.4, 0.5) is 14.5 Å². The number of nitrogens with one attached hydrogen (secondary N) is 1. The van der Waals surface area contributed by atoms with Gasteiger partial charge in [-0.25, -0.2) is 0 Å². The van der Waals surface area contributed by atoms with Crippen LogP contribution in [0.3, 0.4) is 0 Å². The zero-order valence-corrected chi connectivity index (χ0v) is 25.8. The number of nitrogens with two attached hydrogens (primary N) is 1. The number of halogens is 2. The van der Waals surface area contributed by atoms with Crippen LogP contribution in [-0.2, 0) is 38.1 Å². The van der Waals surface area contributed by atoms with Crippen molar-refractivity contribution in [2.24, 2.45) is 5.73 Å². The third-order valence-corrected chi connectivity index (χ3v) is 8.50. The number of nitrogens with zero attached hydrogens (tertiary/aromatic N) is 1. The summed E-state index contributed by atoms with van der Waals surface area (Å²) in [5.41, 5.74) is 10.1. The Hall–Kier alpha value is -3.45. The van der Waals surface area contributed by atoms with E-state index in [2.05, 4.69) is 16.4 Å². The summed E-state index contributed by atoms with van der Waals surface area (Å²) in [6, 6.07) is 13.9. The van der Waals surface area contributed by atoms with E-state index in [1.54, 1.807) is 0 Å². The standard InChI is InChI=1S/C31H38F2N3O8P/c1-20-16-24(44-15-14-43-13-12-42-11-10-31(32,33)45(39,40)41)7-6-23(20)5-2-22-17-26-25-8-3-21(4-9-28(37)38)18-27(25)36-30(34)29(26)35-19-22/h3,6-8,16-19,30,36H,2,4-5,9-15,34H2,1H3,(H,37,38)(H2,39,40,41). The van der Waals surface area contributed by atoms with Crippen molar-refractivity contribution >= 4 is 19.3 Å². The zero-order valence-electron chi connectivity index (χ0n) is 24.9. The first-order chi connectivity index (χ1) is 21.3. The van der Waals surface area contributed by atoms with Crippen molar-refractivity contribution in [1.29, 1.82) is 0 Å². The normalized spacial score (nSPS) is 14.4. The number of ether oxygens (including phenoxy) is 3. The molecule has 244 valence electrons. The maximum absolute atomic E-state index is 13.2. The van der Waals surface area contributed by atoms with Gasteiger partial charge >= 0.3 is 19.2 Å². The van der Waals surface area contributed by atoms with Gasteiger partial charge in [-0.2, -0.15) is 8.78 Å². The monoisotopic (exact) mass is 649 g/mol. The van der Waals surface area contributed by atoms with Gasteiger partial charge in [0.1, 0.15) is 18.5 Å². The van der Waals surface area contributed by atoms with E-state index in [4.69, 9.17) is 34.8 Å². The van der Waals surface area contributed by atoms with E-state index < -0.39 is 38.4 Å². The molecule has 1 unspecified atom stereocenters. The molecule has 1 aliphatic heterocycles. The van der Waals surface area contributed by atoms with E-state index in [0.29, 0.717) is 12.2 Å². The van der Waals surface area contributed by atoms with Gasteiger partial charge in [0.25, 0.3) is 0 Å². The van der Waals surface area contributed by atoms with Gasteiger partial charge in [-0.3, -0.25) is 14.3 Å². The molecule has 45 heavy (non-hydrogen) atoms. The number of aliphatic carboxylic acids is 1. The van der Waals surface area contributed by atoms with E-state index in [1.807, 2.05) is 49.5 Å². The molecular formula is C31H38F2N3O8P. The van der Waals surface area contributed by atoms with Gasteiger partial charge in [-0.05, 0) is 72.7 Å². The van der Waals surface area contributed by atoms with Crippen LogP contribution < -0.4 is 15.8 Å². The van der Waals surface area contributed by atoms with E-state index in [9.17, 15) is 18.1 Å². The fraction of sp³-hybridized carbons (Fsp3) is 0.419. The summed E-state index contributed by atoms with van der Waals surface area (Å²) < 4.78 is 53.1. The Morgan fingerprint density at radius 2 is 1.71 bits per heavy atom. The van der Waals surface area contributed by atoms with Crippen LogP contribution in [0, 0.1) is 6.92 Å². The van der Waals surface area contributed by atoms with Gasteiger partial charge in [0.15, 0.2) is 0 Å². The van der Waals surface area contributed by atoms with E-state index in [0.717, 1.165) is 52.0 Å². The van der Waals surface area contributed by atoms with Crippen LogP contribution in [0.15, 0.2) is 48.7 Å². The molecule has 6 N–H and O–H groups in total. The smallest absolute Gasteiger partial charge is 0.394 e. The fourth-order valence-electron chi connectivity index (χ4n) is 4.91. The summed E-state index contributed by atoms with van der Waals surface area (Å²) in [6.45, 7) is 2.18. The lowest BCUT2D eigenvalue weighted by atomic mass is 9.92. The molecule has 1 aromatic heterocycles. The number of carboxylic acids is 1. The molecule has 14 heteroatoms. The summed E-state index contributed by atoms with van der Waals surface area (Å²) in [5.74, 6) is -0.149. The molecule has 0 radical (unpaired) electrons. The molecule has 2 aromatic carbocycles. The number of alkyl halides is 2. The molecular weight excluding hydrogens is 611 g/mol. The fourth-order valence-corrected chi connectivity index (χ4v) is 5.29. The number of aryl methyl sites for hydroxylation is 4. The number of rotatable bonds is 17. The molecule has 0 saturated heterocycles. The Balaban J connectivity index is 1.22. The lowest BCUT2D eigenvalue weighted by Gasteiger charge is -2.27. The number of carboxylic acid groups (broad SMARTS) is 1. The summed E-state index contributed by atoms with van der Waals surface area (Å²) in [5, 5.41) is 12.3. The van der Waals surface area contributed by atoms with Crippen molar-refractivity contribution in [3.8, 4) is 16.9 Å². The van der Waals surface area contributed by atoms with Crippen LogP contribution in [0.2, 0.25) is 0 Å². The molecule has 0 spiro atoms. The third kappa shape index (κ3) is 9.52. The number of hydrogen-bond acceptors (Lipinski definition) is 8. The Morgan fingerprint density at radius 1 is 0.978 bits per heavy atom. The number of pyridine rings is 1. The molecule has 4 rings (SSSR count). The molecule has 1 aliphatic rings. The van der Waals surface area contributed by atoms with Gasteiger partial charge < -0.3 is 40.2 Å². The number of benzene rings is 2. The highest BCUT2D eigenvalue weighted by Crippen LogP contribution is 2.54. The number of fused-ring (bicyclic) bond motifs is 3. The zero-order chi connectivity index (χ0) is 32.6. The van der Waals surface area contributed by atoms with Gasteiger partial charge in [0, 0.05) is 35.9 Å². The summed E-state index contributed by atoms with van der Waals surface area (Å²) in [6.07, 6.45) is 2.38. The first-order valence-corrected chi connectivity index (χ1v) is 16.1. The van der Waals surface area contributed by atoms with E-state index in [-0.39, 0.29) is 32.8 Å². The maximum atomic E-state index is 13.2. The van der Waals surface area contributed by atoms with Crippen molar-refractivity contribution in [3.05, 3.63) is 76.6 Å². The predicted octanol–water partition coefficient (Wildman–Crippen LogP) is 4.81. The molecule has 3 aromatic rings. The molecule has 0 amide bonds. The Morgan fingerprint density at radius 3 is 2.42 bits per heavy atom. The van der Waals surface area contributed by atoms with Crippen LogP contribution in [-0.4, -0.2) is 64.5 Å². The van der Waals surface area contributed by atoms with E-state index in [1.165, 1.54) is 5.56 Å². The second-order valence-corrected chi connectivity index (χ2v) is 12.5. The Labute approximate surface area is 259 Å². The minimum Gasteiger partial charge on any atom is -0.491 e. The van der Waals surface area contributed by atoms with Gasteiger partial charge in [0.2, 0.25) is 0 Å². The maximum Gasteiger partial charge on any atom is 0.394 e. The molecule has 0 saturated carbocycles. The summed E-state index contributed by atoms with van der Waals surface area (Å²) >= 11 is 0. The topological polar surface area (TPSA) is 173 Å². The molecule has 2 heterocycles. The van der Waals surface area contributed by atoms with Crippen molar-refractivity contribution < 1.29 is 47.2 Å². The average Bonchev–Trinajstić information content (AvgIpc) is 2.98. The van der Waals surface area contributed by atoms with Gasteiger partial charge in [-0.15, -0.1) is 0 Å². The minimum atomic E-state index is -5.50. The molecule has 0 bridgehead atoms. The molecule has 1 atom stereocenters. The Kier molecular flexibility index (Phi) is 11.6. The third-order valence-electron chi connectivity index (χ3n) is 7.42. The molecule has 0 aliphatic carbocycles.